The number of benzene rings is 2. The highest BCUT2D eigenvalue weighted by Crippen LogP contribution is 2.26. The minimum atomic E-state index is -4.16. The van der Waals surface area contributed by atoms with E-state index in [4.69, 9.17) is 9.47 Å². The predicted octanol–water partition coefficient (Wildman–Crippen LogP) is 3.30. The molecular weight excluding hydrogens is 456 g/mol. The molecule has 4 rings (SSSR count). The van der Waals surface area contributed by atoms with Crippen molar-refractivity contribution in [3.05, 3.63) is 75.1 Å². The fraction of sp³-hybridized carbons (Fsp3) is 0.360. The number of H-pyrrole nitrogens is 1. The smallest absolute Gasteiger partial charge is 0.339 e. The van der Waals surface area contributed by atoms with E-state index in [1.807, 2.05) is 26.0 Å². The average Bonchev–Trinajstić information content (AvgIpc) is 3.35. The zero-order valence-electron chi connectivity index (χ0n) is 19.5. The molecule has 0 unspecified atom stereocenters. The summed E-state index contributed by atoms with van der Waals surface area (Å²) in [7, 11) is -2.96. The molecule has 1 aliphatic heterocycles. The van der Waals surface area contributed by atoms with Crippen molar-refractivity contribution in [1.29, 1.82) is 0 Å². The first-order valence-corrected chi connectivity index (χ1v) is 12.6. The van der Waals surface area contributed by atoms with Crippen molar-refractivity contribution < 1.29 is 22.7 Å². The Labute approximate surface area is 198 Å². The number of esters is 1. The van der Waals surface area contributed by atoms with Gasteiger partial charge < -0.3 is 14.5 Å². The molecule has 1 atom stereocenters. The van der Waals surface area contributed by atoms with Gasteiger partial charge in [0.15, 0.2) is 0 Å². The number of carbonyl (C=O) groups is 1. The Morgan fingerprint density at radius 1 is 1.21 bits per heavy atom. The number of ether oxygens (including phenoxy) is 2. The van der Waals surface area contributed by atoms with Crippen LogP contribution < -0.4 is 5.56 Å². The summed E-state index contributed by atoms with van der Waals surface area (Å²) in [5.74, 6) is -0.745. The molecule has 0 bridgehead atoms. The summed E-state index contributed by atoms with van der Waals surface area (Å²) < 4.78 is 39.3. The molecule has 3 aromatic rings. The number of fused-ring (bicyclic) bond motifs is 1. The summed E-state index contributed by atoms with van der Waals surface area (Å²) in [6.07, 6.45) is 1.27. The third-order valence-corrected chi connectivity index (χ3v) is 8.19. The minimum absolute atomic E-state index is 0.0548. The van der Waals surface area contributed by atoms with Crippen molar-refractivity contribution in [3.8, 4) is 0 Å². The summed E-state index contributed by atoms with van der Waals surface area (Å²) in [5, 5.41) is 0.821. The monoisotopic (exact) mass is 484 g/mol. The number of aromatic nitrogens is 1. The maximum atomic E-state index is 13.8. The van der Waals surface area contributed by atoms with Crippen molar-refractivity contribution in [2.75, 3.05) is 20.3 Å². The number of aryl methyl sites for hydroxylation is 2. The molecule has 8 nitrogen and oxygen atoms in total. The Hall–Kier alpha value is -3.01. The summed E-state index contributed by atoms with van der Waals surface area (Å²) in [6.45, 7) is 4.38. The van der Waals surface area contributed by atoms with Crippen LogP contribution in [0.15, 0.2) is 52.2 Å². The first kappa shape index (κ1) is 24.1. The van der Waals surface area contributed by atoms with Gasteiger partial charge in [-0.05, 0) is 61.4 Å². The lowest BCUT2D eigenvalue weighted by Crippen LogP contribution is -2.39. The molecule has 1 aromatic heterocycles. The van der Waals surface area contributed by atoms with E-state index in [-0.39, 0.29) is 35.2 Å². The van der Waals surface area contributed by atoms with Crippen molar-refractivity contribution >= 4 is 26.9 Å². The van der Waals surface area contributed by atoms with Gasteiger partial charge in [0.05, 0.1) is 29.2 Å². The average molecular weight is 485 g/mol. The van der Waals surface area contributed by atoms with Gasteiger partial charge in [-0.3, -0.25) is 4.79 Å². The van der Waals surface area contributed by atoms with E-state index in [9.17, 15) is 18.0 Å². The van der Waals surface area contributed by atoms with Crippen LogP contribution in [0.2, 0.25) is 0 Å². The topological polar surface area (TPSA) is 106 Å². The quantitative estimate of drug-likeness (QED) is 0.516. The lowest BCUT2D eigenvalue weighted by Gasteiger charge is -2.25. The van der Waals surface area contributed by atoms with E-state index in [1.165, 1.54) is 23.5 Å². The van der Waals surface area contributed by atoms with E-state index < -0.39 is 16.0 Å². The second kappa shape index (κ2) is 9.69. The molecule has 1 fully saturated rings. The van der Waals surface area contributed by atoms with Crippen LogP contribution in [0.3, 0.4) is 0 Å². The van der Waals surface area contributed by atoms with Crippen LogP contribution >= 0.6 is 0 Å². The molecule has 0 spiro atoms. The number of pyridine rings is 1. The maximum Gasteiger partial charge on any atom is 0.339 e. The third-order valence-electron chi connectivity index (χ3n) is 6.32. The predicted molar refractivity (Wildman–Crippen MR) is 128 cm³/mol. The third kappa shape index (κ3) is 4.64. The van der Waals surface area contributed by atoms with Gasteiger partial charge in [-0.15, -0.1) is 0 Å². The Morgan fingerprint density at radius 2 is 1.97 bits per heavy atom. The number of rotatable bonds is 7. The first-order valence-electron chi connectivity index (χ1n) is 11.1. The van der Waals surface area contributed by atoms with E-state index in [2.05, 4.69) is 4.98 Å². The molecule has 2 heterocycles. The van der Waals surface area contributed by atoms with Crippen LogP contribution in [0.4, 0.5) is 0 Å². The Balaban J connectivity index is 1.79. The number of hydrogen-bond donors (Lipinski definition) is 1. The molecular formula is C25H28N2O6S. The van der Waals surface area contributed by atoms with Gasteiger partial charge in [0.1, 0.15) is 0 Å². The molecule has 1 saturated heterocycles. The van der Waals surface area contributed by atoms with Crippen LogP contribution in [0.5, 0.6) is 0 Å². The lowest BCUT2D eigenvalue weighted by molar-refractivity contribution is 0.0596. The van der Waals surface area contributed by atoms with Crippen LogP contribution in [-0.2, 0) is 26.0 Å². The fourth-order valence-electron chi connectivity index (χ4n) is 4.25. The SMILES string of the molecule is COC(=O)c1ccccc1S(=O)(=O)N(Cc1cc2ccc(C)c(C)c2[nH]c1=O)C[C@H]1CCCO1. The molecule has 1 aliphatic rings. The van der Waals surface area contributed by atoms with Gasteiger partial charge in [0, 0.05) is 25.3 Å². The molecule has 0 amide bonds. The fourth-order valence-corrected chi connectivity index (χ4v) is 5.88. The van der Waals surface area contributed by atoms with Crippen LogP contribution in [0, 0.1) is 13.8 Å². The summed E-state index contributed by atoms with van der Waals surface area (Å²) >= 11 is 0. The van der Waals surface area contributed by atoms with E-state index >= 15 is 0 Å². The van der Waals surface area contributed by atoms with Gasteiger partial charge in [-0.1, -0.05) is 24.3 Å². The Morgan fingerprint density at radius 3 is 2.68 bits per heavy atom. The normalized spacial score (nSPS) is 16.3. The Bertz CT molecular complexity index is 1390. The van der Waals surface area contributed by atoms with Crippen LogP contribution in [-0.4, -0.2) is 50.0 Å². The zero-order chi connectivity index (χ0) is 24.5. The second-order valence-electron chi connectivity index (χ2n) is 8.52. The number of aromatic amines is 1. The number of carbonyl (C=O) groups excluding carboxylic acids is 1. The minimum Gasteiger partial charge on any atom is -0.465 e. The van der Waals surface area contributed by atoms with Crippen molar-refractivity contribution in [2.24, 2.45) is 0 Å². The van der Waals surface area contributed by atoms with Gasteiger partial charge in [0.2, 0.25) is 10.0 Å². The molecule has 34 heavy (non-hydrogen) atoms. The molecule has 180 valence electrons. The van der Waals surface area contributed by atoms with E-state index in [0.29, 0.717) is 12.2 Å². The molecule has 9 heteroatoms. The lowest BCUT2D eigenvalue weighted by atomic mass is 10.0. The van der Waals surface area contributed by atoms with Crippen LogP contribution in [0.25, 0.3) is 10.9 Å². The summed E-state index contributed by atoms with van der Waals surface area (Å²) in [6, 6.07) is 11.5. The molecule has 2 aromatic carbocycles. The summed E-state index contributed by atoms with van der Waals surface area (Å²) in [4.78, 5) is 28.0. The van der Waals surface area contributed by atoms with Gasteiger partial charge in [-0.2, -0.15) is 4.31 Å². The van der Waals surface area contributed by atoms with E-state index in [1.54, 1.807) is 18.2 Å². The highest BCUT2D eigenvalue weighted by Gasteiger charge is 2.33. The molecule has 0 radical (unpaired) electrons. The number of nitrogens with zero attached hydrogens (tertiary/aromatic N) is 1. The number of sulfonamides is 1. The van der Waals surface area contributed by atoms with Crippen molar-refractivity contribution in [2.45, 2.75) is 44.2 Å². The molecule has 1 N–H and O–H groups in total. The van der Waals surface area contributed by atoms with Crippen LogP contribution in [0.1, 0.15) is 39.9 Å². The largest absolute Gasteiger partial charge is 0.465 e. The van der Waals surface area contributed by atoms with Gasteiger partial charge >= 0.3 is 5.97 Å². The van der Waals surface area contributed by atoms with Gasteiger partial charge in [-0.25, -0.2) is 13.2 Å². The number of nitrogens with one attached hydrogen (secondary N) is 1. The van der Waals surface area contributed by atoms with Gasteiger partial charge in [0.25, 0.3) is 5.56 Å². The molecule has 0 aliphatic carbocycles. The Kier molecular flexibility index (Phi) is 6.88. The second-order valence-corrected chi connectivity index (χ2v) is 10.4. The highest BCUT2D eigenvalue weighted by molar-refractivity contribution is 7.89. The summed E-state index contributed by atoms with van der Waals surface area (Å²) in [5.41, 5.74) is 2.66. The number of hydrogen-bond acceptors (Lipinski definition) is 6. The van der Waals surface area contributed by atoms with Crippen molar-refractivity contribution in [1.82, 2.24) is 9.29 Å². The van der Waals surface area contributed by atoms with E-state index in [0.717, 1.165) is 34.9 Å². The maximum absolute atomic E-state index is 13.8. The number of methoxy groups -OCH3 is 1. The first-order chi connectivity index (χ1) is 16.2. The van der Waals surface area contributed by atoms with Crippen molar-refractivity contribution in [3.63, 3.8) is 0 Å². The highest BCUT2D eigenvalue weighted by atomic mass is 32.2. The zero-order valence-corrected chi connectivity index (χ0v) is 20.3. The molecule has 0 saturated carbocycles. The standard InChI is InChI=1S/C25H28N2O6S/c1-16-10-11-18-13-19(24(28)26-23(18)17(16)2)14-27(15-20-7-6-12-33-20)34(30,31)22-9-5-4-8-21(22)25(29)32-3/h4-5,8-11,13,20H,6-7,12,14-15H2,1-3H3,(H,26,28)/t20-/m1/s1.